The average molecular weight is 447 g/mol. The van der Waals surface area contributed by atoms with E-state index < -0.39 is 11.9 Å². The van der Waals surface area contributed by atoms with Crippen molar-refractivity contribution in [3.8, 4) is 0 Å². The number of aryl methyl sites for hydroxylation is 1. The van der Waals surface area contributed by atoms with Crippen LogP contribution in [0.25, 0.3) is 0 Å². The van der Waals surface area contributed by atoms with Crippen molar-refractivity contribution in [2.75, 3.05) is 5.32 Å². The van der Waals surface area contributed by atoms with Crippen molar-refractivity contribution in [1.29, 1.82) is 0 Å². The Hall–Kier alpha value is -3.78. The van der Waals surface area contributed by atoms with E-state index in [0.717, 1.165) is 5.16 Å². The van der Waals surface area contributed by atoms with Gasteiger partial charge in [-0.25, -0.2) is 4.98 Å². The third-order valence-electron chi connectivity index (χ3n) is 4.72. The number of carbonyl (C=O) groups excluding carboxylic acids is 2. The number of aromatic nitrogens is 2. The highest BCUT2D eigenvalue weighted by Gasteiger charge is 2.25. The second kappa shape index (κ2) is 10.0. The lowest BCUT2D eigenvalue weighted by atomic mass is 10.1. The molecule has 0 spiro atoms. The summed E-state index contributed by atoms with van der Waals surface area (Å²) in [6.07, 6.45) is 3.60. The summed E-state index contributed by atoms with van der Waals surface area (Å²) in [5.41, 5.74) is 1.32. The predicted octanol–water partition coefficient (Wildman–Crippen LogP) is 4.42. The molecule has 7 nitrogen and oxygen atoms in total. The Morgan fingerprint density at radius 3 is 2.44 bits per heavy atom. The van der Waals surface area contributed by atoms with Gasteiger partial charge in [0.2, 0.25) is 0 Å². The van der Waals surface area contributed by atoms with Gasteiger partial charge in [0.25, 0.3) is 11.8 Å². The van der Waals surface area contributed by atoms with E-state index in [1.54, 1.807) is 42.6 Å². The number of rotatable bonds is 8. The first-order chi connectivity index (χ1) is 15.6. The van der Waals surface area contributed by atoms with E-state index in [2.05, 4.69) is 15.6 Å². The molecule has 4 rings (SSSR count). The number of thioether (sulfide) groups is 1. The van der Waals surface area contributed by atoms with Crippen LogP contribution in [0.1, 0.15) is 27.9 Å². The third-order valence-corrected chi connectivity index (χ3v) is 5.80. The number of furan rings is 1. The van der Waals surface area contributed by atoms with E-state index in [1.807, 2.05) is 54.2 Å². The lowest BCUT2D eigenvalue weighted by molar-refractivity contribution is -0.118. The van der Waals surface area contributed by atoms with Crippen LogP contribution in [-0.4, -0.2) is 21.4 Å². The Morgan fingerprint density at radius 2 is 1.75 bits per heavy atom. The molecule has 2 aromatic heterocycles. The van der Waals surface area contributed by atoms with Gasteiger partial charge >= 0.3 is 0 Å². The first-order valence-electron chi connectivity index (χ1n) is 10.0. The SMILES string of the molecule is Cn1ccnc1SCc1ccc(C(=O)NC(C(=O)Nc2ccccc2)c2ccccc2)o1. The van der Waals surface area contributed by atoms with Crippen molar-refractivity contribution in [2.45, 2.75) is 17.0 Å². The summed E-state index contributed by atoms with van der Waals surface area (Å²) in [6.45, 7) is 0. The molecule has 0 saturated heterocycles. The third kappa shape index (κ3) is 5.28. The summed E-state index contributed by atoms with van der Waals surface area (Å²) in [4.78, 5) is 30.1. The van der Waals surface area contributed by atoms with Crippen LogP contribution in [0.5, 0.6) is 0 Å². The van der Waals surface area contributed by atoms with Crippen LogP contribution < -0.4 is 10.6 Å². The Morgan fingerprint density at radius 1 is 1.03 bits per heavy atom. The molecule has 4 aromatic rings. The number of carbonyl (C=O) groups is 2. The van der Waals surface area contributed by atoms with Gasteiger partial charge in [-0.3, -0.25) is 9.59 Å². The van der Waals surface area contributed by atoms with Crippen LogP contribution in [0.2, 0.25) is 0 Å². The summed E-state index contributed by atoms with van der Waals surface area (Å²) >= 11 is 1.51. The van der Waals surface area contributed by atoms with Crippen LogP contribution in [0.4, 0.5) is 5.69 Å². The maximum absolute atomic E-state index is 13.0. The standard InChI is InChI=1S/C24H22N4O3S/c1-28-15-14-25-24(28)32-16-19-12-13-20(31-19)22(29)27-21(17-8-4-2-5-9-17)23(30)26-18-10-6-3-7-11-18/h2-15,21H,16H2,1H3,(H,26,30)(H,27,29). The number of benzene rings is 2. The number of nitrogens with one attached hydrogen (secondary N) is 2. The number of para-hydroxylation sites is 1. The quantitative estimate of drug-likeness (QED) is 0.391. The summed E-state index contributed by atoms with van der Waals surface area (Å²) in [7, 11) is 1.92. The van der Waals surface area contributed by atoms with Gasteiger partial charge in [0.1, 0.15) is 11.8 Å². The van der Waals surface area contributed by atoms with E-state index in [1.165, 1.54) is 11.8 Å². The zero-order valence-electron chi connectivity index (χ0n) is 17.4. The van der Waals surface area contributed by atoms with Gasteiger partial charge in [-0.2, -0.15) is 0 Å². The fraction of sp³-hybridized carbons (Fsp3) is 0.125. The van der Waals surface area contributed by atoms with Gasteiger partial charge in [-0.05, 0) is 29.8 Å². The molecular weight excluding hydrogens is 424 g/mol. The smallest absolute Gasteiger partial charge is 0.287 e. The maximum atomic E-state index is 13.0. The van der Waals surface area contributed by atoms with Gasteiger partial charge in [0.15, 0.2) is 10.9 Å². The van der Waals surface area contributed by atoms with Gasteiger partial charge in [-0.15, -0.1) is 0 Å². The Kier molecular flexibility index (Phi) is 6.72. The molecule has 1 unspecified atom stereocenters. The Balaban J connectivity index is 1.46. The Labute approximate surface area is 189 Å². The number of anilines is 1. The van der Waals surface area contributed by atoms with Gasteiger partial charge in [0, 0.05) is 25.1 Å². The van der Waals surface area contributed by atoms with Crippen molar-refractivity contribution in [3.05, 3.63) is 102 Å². The molecule has 2 amide bonds. The van der Waals surface area contributed by atoms with Crippen LogP contribution >= 0.6 is 11.8 Å². The maximum Gasteiger partial charge on any atom is 0.287 e. The molecule has 0 bridgehead atoms. The number of nitrogens with zero attached hydrogens (tertiary/aromatic N) is 2. The van der Waals surface area contributed by atoms with Crippen LogP contribution in [0.15, 0.2) is 94.8 Å². The highest BCUT2D eigenvalue weighted by molar-refractivity contribution is 7.98. The van der Waals surface area contributed by atoms with Gasteiger partial charge in [-0.1, -0.05) is 60.3 Å². The van der Waals surface area contributed by atoms with Gasteiger partial charge < -0.3 is 19.6 Å². The van der Waals surface area contributed by atoms with Crippen LogP contribution in [0, 0.1) is 0 Å². The van der Waals surface area contributed by atoms with E-state index in [4.69, 9.17) is 4.42 Å². The summed E-state index contributed by atoms with van der Waals surface area (Å²) in [6, 6.07) is 20.7. The second-order valence-corrected chi connectivity index (χ2v) is 7.99. The number of imidazole rings is 1. The molecule has 162 valence electrons. The van der Waals surface area contributed by atoms with Crippen molar-refractivity contribution in [2.24, 2.45) is 7.05 Å². The lowest BCUT2D eigenvalue weighted by Crippen LogP contribution is -2.36. The lowest BCUT2D eigenvalue weighted by Gasteiger charge is -2.18. The largest absolute Gasteiger partial charge is 0.455 e. The molecule has 1 atom stereocenters. The average Bonchev–Trinajstić information content (AvgIpc) is 3.46. The van der Waals surface area contributed by atoms with E-state index in [9.17, 15) is 9.59 Å². The van der Waals surface area contributed by atoms with Crippen molar-refractivity contribution in [1.82, 2.24) is 14.9 Å². The number of amides is 2. The van der Waals surface area contributed by atoms with Crippen molar-refractivity contribution in [3.63, 3.8) is 0 Å². The molecule has 0 aliphatic heterocycles. The minimum Gasteiger partial charge on any atom is -0.455 e. The summed E-state index contributed by atoms with van der Waals surface area (Å²) < 4.78 is 7.63. The first kappa shape index (κ1) is 21.5. The molecule has 2 N–H and O–H groups in total. The number of hydrogen-bond donors (Lipinski definition) is 2. The summed E-state index contributed by atoms with van der Waals surface area (Å²) in [5.74, 6) is 0.527. The molecular formula is C24H22N4O3S. The molecule has 8 heteroatoms. The minimum atomic E-state index is -0.876. The molecule has 2 aromatic carbocycles. The Bertz CT molecular complexity index is 1190. The molecule has 2 heterocycles. The van der Waals surface area contributed by atoms with E-state index in [-0.39, 0.29) is 11.7 Å². The number of hydrogen-bond acceptors (Lipinski definition) is 5. The normalized spacial score (nSPS) is 11.7. The van der Waals surface area contributed by atoms with Gasteiger partial charge in [0.05, 0.1) is 5.75 Å². The second-order valence-electron chi connectivity index (χ2n) is 7.05. The van der Waals surface area contributed by atoms with E-state index >= 15 is 0 Å². The molecule has 32 heavy (non-hydrogen) atoms. The molecule has 0 saturated carbocycles. The first-order valence-corrected chi connectivity index (χ1v) is 11.0. The highest BCUT2D eigenvalue weighted by atomic mass is 32.2. The molecule has 0 aliphatic rings. The fourth-order valence-corrected chi connectivity index (χ4v) is 3.91. The molecule has 0 radical (unpaired) electrons. The highest BCUT2D eigenvalue weighted by Crippen LogP contribution is 2.23. The minimum absolute atomic E-state index is 0.147. The van der Waals surface area contributed by atoms with E-state index in [0.29, 0.717) is 22.8 Å². The zero-order valence-corrected chi connectivity index (χ0v) is 18.2. The monoisotopic (exact) mass is 446 g/mol. The predicted molar refractivity (Wildman–Crippen MR) is 123 cm³/mol. The van der Waals surface area contributed by atoms with Crippen molar-refractivity contribution < 1.29 is 14.0 Å². The zero-order chi connectivity index (χ0) is 22.3. The topological polar surface area (TPSA) is 89.2 Å². The summed E-state index contributed by atoms with van der Waals surface area (Å²) in [5, 5.41) is 6.50. The molecule has 0 aliphatic carbocycles. The van der Waals surface area contributed by atoms with Crippen LogP contribution in [-0.2, 0) is 17.6 Å². The molecule has 0 fully saturated rings. The van der Waals surface area contributed by atoms with Crippen molar-refractivity contribution >= 4 is 29.3 Å². The van der Waals surface area contributed by atoms with Crippen LogP contribution in [0.3, 0.4) is 0 Å². The fourth-order valence-electron chi connectivity index (χ4n) is 3.09.